The molecule has 4 aromatic carbocycles. The summed E-state index contributed by atoms with van der Waals surface area (Å²) in [5, 5.41) is 4.63. The highest BCUT2D eigenvalue weighted by molar-refractivity contribution is 7.00. The number of aromatic nitrogens is 1. The number of hydrogen-bond donors (Lipinski definition) is 0. The van der Waals surface area contributed by atoms with Crippen LogP contribution in [0.15, 0.2) is 102 Å². The molecule has 0 bridgehead atoms. The van der Waals surface area contributed by atoms with E-state index in [2.05, 4.69) is 131 Å². The second kappa shape index (κ2) is 9.87. The zero-order valence-corrected chi connectivity index (χ0v) is 25.0. The molecule has 0 N–H and O–H groups in total. The van der Waals surface area contributed by atoms with Crippen LogP contribution in [-0.4, -0.2) is 8.07 Å². The van der Waals surface area contributed by atoms with Crippen molar-refractivity contribution in [3.8, 4) is 22.4 Å². The van der Waals surface area contributed by atoms with Gasteiger partial charge in [-0.1, -0.05) is 104 Å². The van der Waals surface area contributed by atoms with Crippen molar-refractivity contribution in [2.75, 3.05) is 0 Å². The number of rotatable bonds is 5. The summed E-state index contributed by atoms with van der Waals surface area (Å²) in [6.45, 7) is 11.2. The van der Waals surface area contributed by atoms with Gasteiger partial charge in [0.25, 0.3) is 0 Å². The third kappa shape index (κ3) is 4.27. The molecule has 40 heavy (non-hydrogen) atoms. The third-order valence-corrected chi connectivity index (χ3v) is 12.0. The van der Waals surface area contributed by atoms with E-state index in [-0.39, 0.29) is 5.82 Å². The van der Waals surface area contributed by atoms with Gasteiger partial charge in [-0.25, -0.2) is 8.96 Å². The predicted molar refractivity (Wildman–Crippen MR) is 168 cm³/mol. The number of pyridine rings is 1. The molecule has 0 spiro atoms. The molecule has 0 unspecified atom stereocenters. The zero-order chi connectivity index (χ0) is 28.2. The fourth-order valence-corrected chi connectivity index (χ4v) is 8.19. The lowest BCUT2D eigenvalue weighted by Gasteiger charge is -2.24. The lowest BCUT2D eigenvalue weighted by molar-refractivity contribution is -0.660. The van der Waals surface area contributed by atoms with Crippen LogP contribution in [0.1, 0.15) is 30.9 Å². The van der Waals surface area contributed by atoms with Crippen LogP contribution in [0.25, 0.3) is 44.3 Å². The van der Waals surface area contributed by atoms with E-state index in [9.17, 15) is 0 Å². The van der Waals surface area contributed by atoms with Crippen LogP contribution in [0.2, 0.25) is 13.1 Å². The smallest absolute Gasteiger partial charge is 0.216 e. The van der Waals surface area contributed by atoms with Crippen LogP contribution in [0, 0.1) is 12.7 Å². The molecule has 0 fully saturated rings. The Balaban J connectivity index is 1.53. The molecule has 0 aliphatic carbocycles. The first-order chi connectivity index (χ1) is 19.2. The van der Waals surface area contributed by atoms with Crippen molar-refractivity contribution < 1.29 is 13.4 Å². The lowest BCUT2D eigenvalue weighted by Crippen LogP contribution is -2.52. The van der Waals surface area contributed by atoms with Crippen molar-refractivity contribution in [2.45, 2.75) is 39.8 Å². The van der Waals surface area contributed by atoms with Crippen molar-refractivity contribution in [2.24, 2.45) is 7.05 Å². The number of benzene rings is 4. The van der Waals surface area contributed by atoms with Crippen LogP contribution >= 0.6 is 0 Å². The molecular formula is C36H35FNOSi+. The van der Waals surface area contributed by atoms with Gasteiger partial charge in [0.15, 0.2) is 6.20 Å². The predicted octanol–water partition coefficient (Wildman–Crippen LogP) is 8.14. The number of nitrogens with zero attached hydrogens (tertiary/aromatic N) is 1. The van der Waals surface area contributed by atoms with Crippen molar-refractivity contribution >= 4 is 40.4 Å². The van der Waals surface area contributed by atoms with Crippen LogP contribution < -0.4 is 14.9 Å². The van der Waals surface area contributed by atoms with Gasteiger partial charge in [0.1, 0.15) is 32.1 Å². The van der Waals surface area contributed by atoms with E-state index in [4.69, 9.17) is 4.42 Å². The summed E-state index contributed by atoms with van der Waals surface area (Å²) in [5.74, 6) is 0.137. The molecule has 2 aromatic heterocycles. The Morgan fingerprint density at radius 1 is 0.750 bits per heavy atom. The van der Waals surface area contributed by atoms with Gasteiger partial charge in [-0.3, -0.25) is 0 Å². The van der Waals surface area contributed by atoms with E-state index in [1.807, 2.05) is 6.07 Å². The molecule has 0 radical (unpaired) electrons. The second-order valence-electron chi connectivity index (χ2n) is 11.7. The minimum Gasteiger partial charge on any atom is -0.454 e. The number of furan rings is 1. The van der Waals surface area contributed by atoms with Gasteiger partial charge in [0, 0.05) is 22.9 Å². The number of fused-ring (bicyclic) bond motifs is 3. The van der Waals surface area contributed by atoms with Gasteiger partial charge in [-0.05, 0) is 41.7 Å². The van der Waals surface area contributed by atoms with Crippen LogP contribution in [0.4, 0.5) is 4.39 Å². The molecule has 2 nitrogen and oxygen atoms in total. The molecule has 6 aromatic rings. The molecule has 0 atom stereocenters. The Morgan fingerprint density at radius 3 is 2.05 bits per heavy atom. The molecule has 4 heteroatoms. The SMILES string of the molecule is Cc1ccc2c(oc3c(-c4ccc([Si](C)(C)c5ccccc5)cc4)c(F)ccc32)c1-c1cc(C(C)C)cc[n+]1C. The highest BCUT2D eigenvalue weighted by Gasteiger charge is 2.27. The largest absolute Gasteiger partial charge is 0.454 e. The summed E-state index contributed by atoms with van der Waals surface area (Å²) in [7, 11) is 0.201. The second-order valence-corrected chi connectivity index (χ2v) is 16.1. The molecule has 0 aliphatic heterocycles. The first-order valence-electron chi connectivity index (χ1n) is 14.0. The normalized spacial score (nSPS) is 12.1. The van der Waals surface area contributed by atoms with E-state index in [1.54, 1.807) is 6.07 Å². The van der Waals surface area contributed by atoms with Gasteiger partial charge in [-0.2, -0.15) is 0 Å². The zero-order valence-electron chi connectivity index (χ0n) is 24.0. The van der Waals surface area contributed by atoms with E-state index >= 15 is 4.39 Å². The van der Waals surface area contributed by atoms with Crippen molar-refractivity contribution in [3.05, 3.63) is 114 Å². The Kier molecular flexibility index (Phi) is 6.46. The van der Waals surface area contributed by atoms with Gasteiger partial charge < -0.3 is 4.42 Å². The highest BCUT2D eigenvalue weighted by Crippen LogP contribution is 2.41. The Bertz CT molecular complexity index is 1870. The fourth-order valence-electron chi connectivity index (χ4n) is 5.83. The Hall–Kier alpha value is -4.02. The quantitative estimate of drug-likeness (QED) is 0.158. The van der Waals surface area contributed by atoms with Crippen LogP contribution in [-0.2, 0) is 7.05 Å². The molecule has 6 rings (SSSR count). The highest BCUT2D eigenvalue weighted by atomic mass is 28.3. The average molecular weight is 545 g/mol. The summed E-state index contributed by atoms with van der Waals surface area (Å²) in [6, 6.07) is 31.2. The number of aryl methyl sites for hydroxylation is 2. The van der Waals surface area contributed by atoms with E-state index in [0.717, 1.165) is 38.7 Å². The molecular weight excluding hydrogens is 509 g/mol. The summed E-state index contributed by atoms with van der Waals surface area (Å²) >= 11 is 0. The van der Waals surface area contributed by atoms with Gasteiger partial charge in [0.05, 0.1) is 11.1 Å². The van der Waals surface area contributed by atoms with Crippen molar-refractivity contribution in [1.29, 1.82) is 0 Å². The molecule has 0 saturated carbocycles. The average Bonchev–Trinajstić information content (AvgIpc) is 3.32. The minimum atomic E-state index is -1.86. The first kappa shape index (κ1) is 26.2. The standard InChI is InChI=1S/C36H35FNOSi/c1-23(2)26-20-21-38(4)32(22-26)33-24(3)12-17-29-30-18-19-31(37)34(36(30)39-35(29)33)25-13-15-28(16-14-25)40(5,6)27-10-8-7-9-11-27/h7-23H,1-6H3/q+1. The molecule has 0 saturated heterocycles. The molecule has 0 aliphatic rings. The molecule has 2 heterocycles. The topological polar surface area (TPSA) is 17.0 Å². The lowest BCUT2D eigenvalue weighted by atomic mass is 9.96. The number of halogens is 1. The fraction of sp³-hybridized carbons (Fsp3) is 0.194. The molecule has 0 amide bonds. The van der Waals surface area contributed by atoms with Crippen LogP contribution in [0.5, 0.6) is 0 Å². The Morgan fingerprint density at radius 2 is 1.38 bits per heavy atom. The van der Waals surface area contributed by atoms with Crippen molar-refractivity contribution in [1.82, 2.24) is 0 Å². The first-order valence-corrected chi connectivity index (χ1v) is 17.0. The van der Waals surface area contributed by atoms with Gasteiger partial charge >= 0.3 is 0 Å². The van der Waals surface area contributed by atoms with Crippen molar-refractivity contribution in [3.63, 3.8) is 0 Å². The summed E-state index contributed by atoms with van der Waals surface area (Å²) in [5.41, 5.74) is 7.28. The van der Waals surface area contributed by atoms with Gasteiger partial charge in [-0.15, -0.1) is 0 Å². The van der Waals surface area contributed by atoms with Gasteiger partial charge in [0.2, 0.25) is 5.69 Å². The summed E-state index contributed by atoms with van der Waals surface area (Å²) in [4.78, 5) is 0. The van der Waals surface area contributed by atoms with Crippen LogP contribution in [0.3, 0.4) is 0 Å². The van der Waals surface area contributed by atoms with E-state index in [0.29, 0.717) is 17.1 Å². The maximum absolute atomic E-state index is 15.6. The summed E-state index contributed by atoms with van der Waals surface area (Å²) in [6.07, 6.45) is 2.11. The monoisotopic (exact) mass is 544 g/mol. The summed E-state index contributed by atoms with van der Waals surface area (Å²) < 4.78 is 24.4. The molecule has 200 valence electrons. The van der Waals surface area contributed by atoms with E-state index < -0.39 is 8.07 Å². The maximum atomic E-state index is 15.6. The number of hydrogen-bond acceptors (Lipinski definition) is 1. The van der Waals surface area contributed by atoms with E-state index in [1.165, 1.54) is 15.9 Å². The Labute approximate surface area is 236 Å². The maximum Gasteiger partial charge on any atom is 0.216 e. The minimum absolute atomic E-state index is 0.274. The third-order valence-electron chi connectivity index (χ3n) is 8.45.